The van der Waals surface area contributed by atoms with Crippen LogP contribution in [0.25, 0.3) is 0 Å². The van der Waals surface area contributed by atoms with E-state index in [1.807, 2.05) is 66.8 Å². The van der Waals surface area contributed by atoms with Crippen LogP contribution in [-0.4, -0.2) is 42.0 Å². The first-order valence-electron chi connectivity index (χ1n) is 7.71. The summed E-state index contributed by atoms with van der Waals surface area (Å²) in [5.74, 6) is 0.212. The van der Waals surface area contributed by atoms with E-state index in [9.17, 15) is 4.79 Å². The molecule has 114 valence electrons. The standard InChI is InChI=1S/C18H21N3O/c1-20(13-9-15-7-11-19-12-8-15)17-10-14-21(18(17)22)16-5-3-2-4-6-16/h2-8,11-12,17H,9-10,13-14H2,1H3. The normalized spacial score (nSPS) is 18.2. The molecule has 2 heterocycles. The average Bonchev–Trinajstić information content (AvgIpc) is 2.96. The molecule has 1 aliphatic heterocycles. The average molecular weight is 295 g/mol. The number of benzene rings is 1. The maximum atomic E-state index is 12.6. The second-order valence-corrected chi connectivity index (χ2v) is 5.72. The van der Waals surface area contributed by atoms with Gasteiger partial charge in [-0.05, 0) is 49.7 Å². The Hall–Kier alpha value is -2.20. The topological polar surface area (TPSA) is 36.4 Å². The number of para-hydroxylation sites is 1. The van der Waals surface area contributed by atoms with Crippen molar-refractivity contribution in [1.82, 2.24) is 9.88 Å². The molecule has 4 nitrogen and oxygen atoms in total. The summed E-state index contributed by atoms with van der Waals surface area (Å²) in [5, 5.41) is 0. The van der Waals surface area contributed by atoms with Crippen LogP contribution in [0.1, 0.15) is 12.0 Å². The van der Waals surface area contributed by atoms with Gasteiger partial charge in [0.15, 0.2) is 0 Å². The minimum absolute atomic E-state index is 0.0120. The highest BCUT2D eigenvalue weighted by atomic mass is 16.2. The fraction of sp³-hybridized carbons (Fsp3) is 0.333. The van der Waals surface area contributed by atoms with Crippen LogP contribution in [0.2, 0.25) is 0 Å². The summed E-state index contributed by atoms with van der Waals surface area (Å²) in [5.41, 5.74) is 2.25. The second kappa shape index (κ2) is 6.71. The molecule has 0 radical (unpaired) electrons. The van der Waals surface area contributed by atoms with Gasteiger partial charge in [0.25, 0.3) is 0 Å². The number of nitrogens with zero attached hydrogens (tertiary/aromatic N) is 3. The lowest BCUT2D eigenvalue weighted by atomic mass is 10.1. The summed E-state index contributed by atoms with van der Waals surface area (Å²) in [6.45, 7) is 1.68. The van der Waals surface area contributed by atoms with E-state index >= 15 is 0 Å². The van der Waals surface area contributed by atoms with E-state index in [0.29, 0.717) is 0 Å². The number of carbonyl (C=O) groups excluding carboxylic acids is 1. The maximum Gasteiger partial charge on any atom is 0.244 e. The van der Waals surface area contributed by atoms with E-state index in [-0.39, 0.29) is 11.9 Å². The van der Waals surface area contributed by atoms with Gasteiger partial charge in [0.2, 0.25) is 5.91 Å². The van der Waals surface area contributed by atoms with Crippen molar-refractivity contribution in [3.8, 4) is 0 Å². The van der Waals surface area contributed by atoms with E-state index in [1.165, 1.54) is 5.56 Å². The highest BCUT2D eigenvalue weighted by Gasteiger charge is 2.34. The summed E-state index contributed by atoms with van der Waals surface area (Å²) < 4.78 is 0. The van der Waals surface area contributed by atoms with E-state index in [1.54, 1.807) is 0 Å². The first-order chi connectivity index (χ1) is 10.8. The van der Waals surface area contributed by atoms with Gasteiger partial charge in [0.1, 0.15) is 0 Å². The number of hydrogen-bond donors (Lipinski definition) is 0. The predicted octanol–water partition coefficient (Wildman–Crippen LogP) is 2.36. The Bertz CT molecular complexity index is 615. The van der Waals surface area contributed by atoms with Crippen LogP contribution in [0.15, 0.2) is 54.9 Å². The molecule has 1 aromatic carbocycles. The number of anilines is 1. The number of likely N-dealkylation sites (N-methyl/N-ethyl adjacent to an activating group) is 1. The molecule has 4 heteroatoms. The largest absolute Gasteiger partial charge is 0.311 e. The molecule has 0 spiro atoms. The van der Waals surface area contributed by atoms with Crippen LogP contribution in [-0.2, 0) is 11.2 Å². The van der Waals surface area contributed by atoms with Gasteiger partial charge in [-0.1, -0.05) is 18.2 Å². The van der Waals surface area contributed by atoms with Crippen LogP contribution in [0.4, 0.5) is 5.69 Å². The maximum absolute atomic E-state index is 12.6. The molecule has 3 rings (SSSR count). The van der Waals surface area contributed by atoms with Crippen molar-refractivity contribution < 1.29 is 4.79 Å². The van der Waals surface area contributed by atoms with Gasteiger partial charge in [0.05, 0.1) is 6.04 Å². The number of rotatable bonds is 5. The number of pyridine rings is 1. The first kappa shape index (κ1) is 14.7. The highest BCUT2D eigenvalue weighted by molar-refractivity contribution is 5.99. The molecular weight excluding hydrogens is 274 g/mol. The van der Waals surface area contributed by atoms with Crippen LogP contribution in [0.5, 0.6) is 0 Å². The van der Waals surface area contributed by atoms with E-state index in [4.69, 9.17) is 0 Å². The molecule has 1 unspecified atom stereocenters. The minimum atomic E-state index is -0.0120. The molecule has 0 N–H and O–H groups in total. The van der Waals surface area contributed by atoms with Crippen molar-refractivity contribution in [2.24, 2.45) is 0 Å². The fourth-order valence-electron chi connectivity index (χ4n) is 2.95. The van der Waals surface area contributed by atoms with Crippen LogP contribution >= 0.6 is 0 Å². The Morgan fingerprint density at radius 2 is 1.91 bits per heavy atom. The molecule has 2 aromatic rings. The van der Waals surface area contributed by atoms with Crippen molar-refractivity contribution in [3.63, 3.8) is 0 Å². The zero-order valence-electron chi connectivity index (χ0n) is 12.9. The van der Waals surface area contributed by atoms with Gasteiger partial charge >= 0.3 is 0 Å². The third kappa shape index (κ3) is 3.17. The Kier molecular flexibility index (Phi) is 4.49. The van der Waals surface area contributed by atoms with Crippen LogP contribution < -0.4 is 4.90 Å². The first-order valence-corrected chi connectivity index (χ1v) is 7.71. The number of amides is 1. The SMILES string of the molecule is CN(CCc1ccncc1)C1CCN(c2ccccc2)C1=O. The second-order valence-electron chi connectivity index (χ2n) is 5.72. The zero-order chi connectivity index (χ0) is 15.4. The molecule has 0 aliphatic carbocycles. The molecule has 1 aliphatic rings. The quantitative estimate of drug-likeness (QED) is 0.849. The number of aromatic nitrogens is 1. The van der Waals surface area contributed by atoms with Crippen LogP contribution in [0, 0.1) is 0 Å². The van der Waals surface area contributed by atoms with Crippen molar-refractivity contribution in [3.05, 3.63) is 60.4 Å². The lowest BCUT2D eigenvalue weighted by molar-refractivity contribution is -0.121. The molecule has 1 fully saturated rings. The van der Waals surface area contributed by atoms with Gasteiger partial charge in [-0.2, -0.15) is 0 Å². The summed E-state index contributed by atoms with van der Waals surface area (Å²) >= 11 is 0. The Morgan fingerprint density at radius 3 is 2.64 bits per heavy atom. The number of hydrogen-bond acceptors (Lipinski definition) is 3. The van der Waals surface area contributed by atoms with Gasteiger partial charge in [0, 0.05) is 31.2 Å². The van der Waals surface area contributed by atoms with Crippen LogP contribution in [0.3, 0.4) is 0 Å². The molecule has 1 atom stereocenters. The van der Waals surface area contributed by atoms with Crippen molar-refractivity contribution >= 4 is 11.6 Å². The van der Waals surface area contributed by atoms with E-state index < -0.39 is 0 Å². The van der Waals surface area contributed by atoms with E-state index in [0.717, 1.165) is 31.6 Å². The third-order valence-corrected chi connectivity index (χ3v) is 4.28. The third-order valence-electron chi connectivity index (χ3n) is 4.28. The van der Waals surface area contributed by atoms with E-state index in [2.05, 4.69) is 9.88 Å². The summed E-state index contributed by atoms with van der Waals surface area (Å²) in [6.07, 6.45) is 5.45. The molecule has 1 amide bonds. The summed E-state index contributed by atoms with van der Waals surface area (Å²) in [4.78, 5) is 20.7. The molecule has 1 saturated heterocycles. The molecule has 0 saturated carbocycles. The van der Waals surface area contributed by atoms with Gasteiger partial charge < -0.3 is 4.90 Å². The molecule has 0 bridgehead atoms. The fourth-order valence-corrected chi connectivity index (χ4v) is 2.95. The monoisotopic (exact) mass is 295 g/mol. The Balaban J connectivity index is 1.60. The smallest absolute Gasteiger partial charge is 0.244 e. The molecule has 22 heavy (non-hydrogen) atoms. The molecule has 1 aromatic heterocycles. The summed E-state index contributed by atoms with van der Waals surface area (Å²) in [6, 6.07) is 14.0. The van der Waals surface area contributed by atoms with Crippen molar-refractivity contribution in [2.45, 2.75) is 18.9 Å². The zero-order valence-corrected chi connectivity index (χ0v) is 12.9. The minimum Gasteiger partial charge on any atom is -0.311 e. The Labute approximate surface area is 131 Å². The molecular formula is C18H21N3O. The van der Waals surface area contributed by atoms with Crippen molar-refractivity contribution in [1.29, 1.82) is 0 Å². The van der Waals surface area contributed by atoms with Gasteiger partial charge in [-0.3, -0.25) is 14.7 Å². The Morgan fingerprint density at radius 1 is 1.18 bits per heavy atom. The number of carbonyl (C=O) groups is 1. The van der Waals surface area contributed by atoms with Crippen molar-refractivity contribution in [2.75, 3.05) is 25.0 Å². The lowest BCUT2D eigenvalue weighted by Crippen LogP contribution is -2.40. The van der Waals surface area contributed by atoms with Gasteiger partial charge in [-0.15, -0.1) is 0 Å². The summed E-state index contributed by atoms with van der Waals surface area (Å²) in [7, 11) is 2.04. The van der Waals surface area contributed by atoms with Gasteiger partial charge in [-0.25, -0.2) is 0 Å². The predicted molar refractivity (Wildman–Crippen MR) is 87.8 cm³/mol. The lowest BCUT2D eigenvalue weighted by Gasteiger charge is -2.23. The highest BCUT2D eigenvalue weighted by Crippen LogP contribution is 2.23.